The summed E-state index contributed by atoms with van der Waals surface area (Å²) in [5.41, 5.74) is 2.43. The Balaban J connectivity index is 0.000000284. The van der Waals surface area contributed by atoms with Crippen LogP contribution in [0.25, 0.3) is 12.2 Å². The molecule has 0 aliphatic carbocycles. The van der Waals surface area contributed by atoms with Crippen molar-refractivity contribution in [2.24, 2.45) is 5.92 Å². The largest absolute Gasteiger partial charge is 0.481 e. The van der Waals surface area contributed by atoms with E-state index in [1.165, 1.54) is 11.1 Å². The molecule has 0 bridgehead atoms. The number of rotatable bonds is 5. The first kappa shape index (κ1) is 19.2. The summed E-state index contributed by atoms with van der Waals surface area (Å²) in [5.74, 6) is -0.801. The predicted molar refractivity (Wildman–Crippen MR) is 101 cm³/mol. The van der Waals surface area contributed by atoms with Gasteiger partial charge in [-0.2, -0.15) is 0 Å². The summed E-state index contributed by atoms with van der Waals surface area (Å²) in [4.78, 5) is 10.2. The van der Waals surface area contributed by atoms with Crippen LogP contribution >= 0.6 is 15.9 Å². The van der Waals surface area contributed by atoms with E-state index in [0.717, 1.165) is 17.3 Å². The number of carboxylic acids is 1. The lowest BCUT2D eigenvalue weighted by Gasteiger charge is -2.02. The minimum Gasteiger partial charge on any atom is -0.481 e. The molecule has 0 saturated heterocycles. The summed E-state index contributed by atoms with van der Waals surface area (Å²) in [6, 6.07) is 18.6. The minimum atomic E-state index is -0.671. The third-order valence-electron chi connectivity index (χ3n) is 3.47. The van der Waals surface area contributed by atoms with Crippen molar-refractivity contribution in [1.29, 1.82) is 0 Å². The van der Waals surface area contributed by atoms with Crippen LogP contribution in [0.1, 0.15) is 37.8 Å². The van der Waals surface area contributed by atoms with Gasteiger partial charge in [-0.25, -0.2) is 0 Å². The first-order chi connectivity index (χ1) is 11.1. The van der Waals surface area contributed by atoms with E-state index in [1.807, 2.05) is 44.2 Å². The lowest BCUT2D eigenvalue weighted by molar-refractivity contribution is -0.141. The highest BCUT2D eigenvalue weighted by molar-refractivity contribution is 9.10. The molecular formula is C20H23BrO2. The highest BCUT2D eigenvalue weighted by Crippen LogP contribution is 2.13. The van der Waals surface area contributed by atoms with Gasteiger partial charge >= 0.3 is 5.97 Å². The second kappa shape index (κ2) is 10.8. The highest BCUT2D eigenvalue weighted by atomic mass is 79.9. The first-order valence-corrected chi connectivity index (χ1v) is 8.57. The number of hydrogen-bond donors (Lipinski definition) is 1. The maximum atomic E-state index is 10.2. The molecule has 0 aromatic heterocycles. The fraction of sp³-hybridized carbons (Fsp3) is 0.250. The number of carbonyl (C=O) groups is 1. The smallest absolute Gasteiger partial charge is 0.306 e. The molecular weight excluding hydrogens is 352 g/mol. The van der Waals surface area contributed by atoms with E-state index < -0.39 is 5.97 Å². The Labute approximate surface area is 147 Å². The van der Waals surface area contributed by atoms with Crippen molar-refractivity contribution in [2.45, 2.75) is 26.7 Å². The van der Waals surface area contributed by atoms with Crippen LogP contribution in [-0.2, 0) is 4.79 Å². The fourth-order valence-corrected chi connectivity index (χ4v) is 2.23. The maximum Gasteiger partial charge on any atom is 0.306 e. The van der Waals surface area contributed by atoms with Gasteiger partial charge in [0, 0.05) is 4.47 Å². The molecule has 1 N–H and O–H groups in total. The second-order valence-electron chi connectivity index (χ2n) is 5.15. The molecule has 0 amide bonds. The number of benzene rings is 2. The first-order valence-electron chi connectivity index (χ1n) is 7.78. The van der Waals surface area contributed by atoms with Crippen molar-refractivity contribution in [3.63, 3.8) is 0 Å². The minimum absolute atomic E-state index is 0.130. The van der Waals surface area contributed by atoms with Crippen molar-refractivity contribution in [3.8, 4) is 0 Å². The van der Waals surface area contributed by atoms with Crippen LogP contribution in [0.15, 0.2) is 59.1 Å². The van der Waals surface area contributed by atoms with Crippen LogP contribution in [0.3, 0.4) is 0 Å². The molecule has 0 radical (unpaired) electrons. The fourth-order valence-electron chi connectivity index (χ4n) is 1.97. The van der Waals surface area contributed by atoms with Crippen LogP contribution in [0.5, 0.6) is 0 Å². The van der Waals surface area contributed by atoms with Crippen LogP contribution in [0.2, 0.25) is 0 Å². The Kier molecular flexibility index (Phi) is 9.00. The summed E-state index contributed by atoms with van der Waals surface area (Å²) in [6.45, 7) is 3.78. The number of carboxylic acid groups (broad SMARTS) is 1. The second-order valence-corrected chi connectivity index (χ2v) is 6.06. The van der Waals surface area contributed by atoms with Gasteiger partial charge in [-0.3, -0.25) is 4.79 Å². The molecule has 0 saturated carbocycles. The number of halogens is 1. The lowest BCUT2D eigenvalue weighted by atomic mass is 10.1. The molecule has 3 heteroatoms. The van der Waals surface area contributed by atoms with E-state index in [4.69, 9.17) is 5.11 Å². The molecule has 2 nitrogen and oxygen atoms in total. The van der Waals surface area contributed by atoms with Crippen LogP contribution in [0.4, 0.5) is 0 Å². The van der Waals surface area contributed by atoms with Crippen molar-refractivity contribution in [2.75, 3.05) is 0 Å². The molecule has 0 heterocycles. The molecule has 0 aliphatic heterocycles. The SMILES string of the molecule is Brc1ccc(/C=C\c2ccccc2)cc1.CCC(CC)C(=O)O. The van der Waals surface area contributed by atoms with Gasteiger partial charge in [0.15, 0.2) is 0 Å². The molecule has 0 aliphatic rings. The van der Waals surface area contributed by atoms with Crippen molar-refractivity contribution in [3.05, 3.63) is 70.2 Å². The van der Waals surface area contributed by atoms with Gasteiger partial charge in [-0.1, -0.05) is 84.4 Å². The van der Waals surface area contributed by atoms with Gasteiger partial charge in [0.05, 0.1) is 5.92 Å². The molecule has 122 valence electrons. The van der Waals surface area contributed by atoms with Gasteiger partial charge in [0.2, 0.25) is 0 Å². The summed E-state index contributed by atoms with van der Waals surface area (Å²) < 4.78 is 1.11. The quantitative estimate of drug-likeness (QED) is 0.639. The van der Waals surface area contributed by atoms with E-state index in [0.29, 0.717) is 0 Å². The Hall–Kier alpha value is -1.87. The Morgan fingerprint density at radius 1 is 0.957 bits per heavy atom. The zero-order valence-electron chi connectivity index (χ0n) is 13.6. The zero-order chi connectivity index (χ0) is 17.1. The average Bonchev–Trinajstić information content (AvgIpc) is 2.57. The molecule has 2 aromatic rings. The highest BCUT2D eigenvalue weighted by Gasteiger charge is 2.10. The molecule has 23 heavy (non-hydrogen) atoms. The third-order valence-corrected chi connectivity index (χ3v) is 4.00. The van der Waals surface area contributed by atoms with Crippen molar-refractivity contribution in [1.82, 2.24) is 0 Å². The third kappa shape index (κ3) is 7.80. The van der Waals surface area contributed by atoms with Crippen molar-refractivity contribution >= 4 is 34.1 Å². The maximum absolute atomic E-state index is 10.2. The topological polar surface area (TPSA) is 37.3 Å². The summed E-state index contributed by atoms with van der Waals surface area (Å²) in [6.07, 6.45) is 5.71. The van der Waals surface area contributed by atoms with E-state index >= 15 is 0 Å². The van der Waals surface area contributed by atoms with Gasteiger partial charge in [-0.05, 0) is 36.1 Å². The normalized spacial score (nSPS) is 10.4. The molecule has 2 rings (SSSR count). The monoisotopic (exact) mass is 374 g/mol. The Morgan fingerprint density at radius 2 is 1.43 bits per heavy atom. The number of aliphatic carboxylic acids is 1. The standard InChI is InChI=1S/C14H11Br.C6H12O2/c15-14-10-8-13(9-11-14)7-6-12-4-2-1-3-5-12;1-3-5(4-2)6(7)8/h1-11H;5H,3-4H2,1-2H3,(H,7,8)/b7-6-;. The van der Waals surface area contributed by atoms with Gasteiger partial charge in [0.1, 0.15) is 0 Å². The molecule has 0 atom stereocenters. The summed E-state index contributed by atoms with van der Waals surface area (Å²) in [7, 11) is 0. The van der Waals surface area contributed by atoms with Gasteiger partial charge in [-0.15, -0.1) is 0 Å². The van der Waals surface area contributed by atoms with Crippen LogP contribution in [-0.4, -0.2) is 11.1 Å². The average molecular weight is 375 g/mol. The van der Waals surface area contributed by atoms with E-state index in [-0.39, 0.29) is 5.92 Å². The Morgan fingerprint density at radius 3 is 1.83 bits per heavy atom. The summed E-state index contributed by atoms with van der Waals surface area (Å²) >= 11 is 3.42. The predicted octanol–water partition coefficient (Wildman–Crippen LogP) is 6.13. The zero-order valence-corrected chi connectivity index (χ0v) is 15.2. The van der Waals surface area contributed by atoms with Crippen LogP contribution < -0.4 is 0 Å². The van der Waals surface area contributed by atoms with Crippen molar-refractivity contribution < 1.29 is 9.90 Å². The van der Waals surface area contributed by atoms with Gasteiger partial charge < -0.3 is 5.11 Å². The molecule has 0 spiro atoms. The molecule has 0 unspecified atom stereocenters. The van der Waals surface area contributed by atoms with Crippen LogP contribution in [0, 0.1) is 5.92 Å². The Bertz CT molecular complexity index is 599. The lowest BCUT2D eigenvalue weighted by Crippen LogP contribution is -2.10. The molecule has 0 fully saturated rings. The molecule has 2 aromatic carbocycles. The number of hydrogen-bond acceptors (Lipinski definition) is 1. The van der Waals surface area contributed by atoms with Gasteiger partial charge in [0.25, 0.3) is 0 Å². The van der Waals surface area contributed by atoms with E-state index in [9.17, 15) is 4.79 Å². The van der Waals surface area contributed by atoms with E-state index in [2.05, 4.69) is 52.3 Å². The summed E-state index contributed by atoms with van der Waals surface area (Å²) in [5, 5.41) is 8.37. The van der Waals surface area contributed by atoms with E-state index in [1.54, 1.807) is 0 Å².